The second-order valence-electron chi connectivity index (χ2n) is 7.63. The number of likely N-dealkylation sites (tertiary alicyclic amines) is 1. The molecule has 1 saturated heterocycles. The third-order valence-corrected chi connectivity index (χ3v) is 5.88. The van der Waals surface area contributed by atoms with Crippen LogP contribution in [0.1, 0.15) is 90.9 Å². The van der Waals surface area contributed by atoms with Crippen LogP contribution in [0.2, 0.25) is 0 Å². The van der Waals surface area contributed by atoms with Crippen molar-refractivity contribution in [3.8, 4) is 0 Å². The van der Waals surface area contributed by atoms with Crippen molar-refractivity contribution in [2.75, 3.05) is 19.7 Å². The van der Waals surface area contributed by atoms with Gasteiger partial charge in [0.15, 0.2) is 0 Å². The summed E-state index contributed by atoms with van der Waals surface area (Å²) in [6, 6.07) is 0.864. The zero-order valence-corrected chi connectivity index (χ0v) is 15.2. The molecule has 2 fully saturated rings. The Hall–Kier alpha value is -0.0800. The third-order valence-electron chi connectivity index (χ3n) is 5.88. The van der Waals surface area contributed by atoms with Gasteiger partial charge < -0.3 is 9.64 Å². The van der Waals surface area contributed by atoms with Crippen LogP contribution in [0.3, 0.4) is 0 Å². The Morgan fingerprint density at radius 2 is 1.50 bits per heavy atom. The first-order valence-corrected chi connectivity index (χ1v) is 10.2. The molecule has 2 aliphatic rings. The molecule has 1 saturated carbocycles. The average Bonchev–Trinajstić information content (AvgIpc) is 2.58. The molecule has 0 aromatic carbocycles. The van der Waals surface area contributed by atoms with Gasteiger partial charge in [-0.1, -0.05) is 46.0 Å². The van der Waals surface area contributed by atoms with Crippen LogP contribution >= 0.6 is 0 Å². The van der Waals surface area contributed by atoms with E-state index in [9.17, 15) is 0 Å². The highest BCUT2D eigenvalue weighted by Gasteiger charge is 2.28. The van der Waals surface area contributed by atoms with Gasteiger partial charge in [-0.05, 0) is 64.0 Å². The van der Waals surface area contributed by atoms with Crippen molar-refractivity contribution in [2.45, 2.75) is 103 Å². The lowest BCUT2D eigenvalue weighted by Crippen LogP contribution is -2.44. The van der Waals surface area contributed by atoms with Gasteiger partial charge in [0.05, 0.1) is 6.10 Å². The standard InChI is InChI=1S/C20H39NO/c1-3-5-7-17-22-20-11-9-19(10-12-20)21-15-13-18(14-16-21)8-6-4-2/h18-20H,3-17H2,1-2H3/t19-,20-. The van der Waals surface area contributed by atoms with Crippen molar-refractivity contribution in [2.24, 2.45) is 5.92 Å². The third kappa shape index (κ3) is 6.20. The molecule has 0 aromatic rings. The molecule has 0 spiro atoms. The second-order valence-corrected chi connectivity index (χ2v) is 7.63. The van der Waals surface area contributed by atoms with Gasteiger partial charge in [-0.3, -0.25) is 0 Å². The Balaban J connectivity index is 1.57. The Kier molecular flexibility index (Phi) is 8.84. The number of ether oxygens (including phenoxy) is 1. The first-order chi connectivity index (χ1) is 10.8. The predicted octanol–water partition coefficient (Wildman–Crippen LogP) is 5.41. The molecule has 0 aromatic heterocycles. The van der Waals surface area contributed by atoms with Crippen LogP contribution in [-0.4, -0.2) is 36.7 Å². The summed E-state index contributed by atoms with van der Waals surface area (Å²) in [7, 11) is 0. The summed E-state index contributed by atoms with van der Waals surface area (Å²) >= 11 is 0. The van der Waals surface area contributed by atoms with Gasteiger partial charge in [-0.15, -0.1) is 0 Å². The number of hydrogen-bond acceptors (Lipinski definition) is 2. The van der Waals surface area contributed by atoms with Crippen LogP contribution < -0.4 is 0 Å². The molecule has 0 unspecified atom stereocenters. The first kappa shape index (κ1) is 18.3. The summed E-state index contributed by atoms with van der Waals surface area (Å²) in [5.74, 6) is 1.02. The largest absolute Gasteiger partial charge is 0.378 e. The van der Waals surface area contributed by atoms with Gasteiger partial charge >= 0.3 is 0 Å². The molecule has 1 aliphatic carbocycles. The van der Waals surface area contributed by atoms with E-state index < -0.39 is 0 Å². The Labute approximate surface area is 139 Å². The highest BCUT2D eigenvalue weighted by Crippen LogP contribution is 2.30. The zero-order chi connectivity index (χ0) is 15.6. The maximum Gasteiger partial charge on any atom is 0.0576 e. The van der Waals surface area contributed by atoms with Gasteiger partial charge in [-0.2, -0.15) is 0 Å². The van der Waals surface area contributed by atoms with E-state index in [1.807, 2.05) is 0 Å². The molecular formula is C20H39NO. The van der Waals surface area contributed by atoms with E-state index in [1.165, 1.54) is 90.1 Å². The van der Waals surface area contributed by atoms with E-state index in [2.05, 4.69) is 18.7 Å². The summed E-state index contributed by atoms with van der Waals surface area (Å²) in [5.41, 5.74) is 0. The molecular weight excluding hydrogens is 270 g/mol. The average molecular weight is 310 g/mol. The van der Waals surface area contributed by atoms with Crippen LogP contribution in [0.25, 0.3) is 0 Å². The number of rotatable bonds is 9. The van der Waals surface area contributed by atoms with Crippen LogP contribution in [0, 0.1) is 5.92 Å². The molecule has 22 heavy (non-hydrogen) atoms. The van der Waals surface area contributed by atoms with Gasteiger partial charge in [0, 0.05) is 12.6 Å². The topological polar surface area (TPSA) is 12.5 Å². The van der Waals surface area contributed by atoms with E-state index in [-0.39, 0.29) is 0 Å². The minimum atomic E-state index is 0.565. The van der Waals surface area contributed by atoms with Crippen molar-refractivity contribution in [1.82, 2.24) is 4.90 Å². The molecule has 0 amide bonds. The minimum Gasteiger partial charge on any atom is -0.378 e. The van der Waals surface area contributed by atoms with Crippen molar-refractivity contribution in [3.05, 3.63) is 0 Å². The zero-order valence-electron chi connectivity index (χ0n) is 15.2. The monoisotopic (exact) mass is 309 g/mol. The van der Waals surface area contributed by atoms with Crippen LogP contribution in [-0.2, 0) is 4.74 Å². The SMILES string of the molecule is CCCCCO[C@H]1CC[C@H](N2CCC(CCCC)CC2)CC1. The molecule has 1 aliphatic heterocycles. The molecule has 0 radical (unpaired) electrons. The van der Waals surface area contributed by atoms with E-state index in [4.69, 9.17) is 4.74 Å². The molecule has 1 heterocycles. The van der Waals surface area contributed by atoms with Gasteiger partial charge in [0.2, 0.25) is 0 Å². The van der Waals surface area contributed by atoms with E-state index in [1.54, 1.807) is 0 Å². The molecule has 130 valence electrons. The number of piperidine rings is 1. The summed E-state index contributed by atoms with van der Waals surface area (Å²) in [5, 5.41) is 0. The van der Waals surface area contributed by atoms with Gasteiger partial charge in [0.1, 0.15) is 0 Å². The molecule has 2 nitrogen and oxygen atoms in total. The lowest BCUT2D eigenvalue weighted by Gasteiger charge is -2.40. The van der Waals surface area contributed by atoms with E-state index >= 15 is 0 Å². The maximum absolute atomic E-state index is 6.06. The van der Waals surface area contributed by atoms with Crippen molar-refractivity contribution in [1.29, 1.82) is 0 Å². The number of nitrogens with zero attached hydrogens (tertiary/aromatic N) is 1. The summed E-state index contributed by atoms with van der Waals surface area (Å²) < 4.78 is 6.06. The van der Waals surface area contributed by atoms with E-state index in [0.717, 1.165) is 18.6 Å². The minimum absolute atomic E-state index is 0.565. The number of unbranched alkanes of at least 4 members (excludes halogenated alkanes) is 3. The fraction of sp³-hybridized carbons (Fsp3) is 1.00. The Morgan fingerprint density at radius 3 is 2.14 bits per heavy atom. The normalized spacial score (nSPS) is 28.1. The molecule has 2 rings (SSSR count). The van der Waals surface area contributed by atoms with E-state index in [0.29, 0.717) is 6.10 Å². The maximum atomic E-state index is 6.06. The molecule has 0 bridgehead atoms. The fourth-order valence-electron chi connectivity index (χ4n) is 4.28. The molecule has 0 N–H and O–H groups in total. The number of hydrogen-bond donors (Lipinski definition) is 0. The van der Waals surface area contributed by atoms with Gasteiger partial charge in [-0.25, -0.2) is 0 Å². The lowest BCUT2D eigenvalue weighted by atomic mass is 9.87. The summed E-state index contributed by atoms with van der Waals surface area (Å²) in [6.07, 6.45) is 17.0. The predicted molar refractivity (Wildman–Crippen MR) is 95.3 cm³/mol. The smallest absolute Gasteiger partial charge is 0.0576 e. The van der Waals surface area contributed by atoms with Crippen LogP contribution in [0.15, 0.2) is 0 Å². The highest BCUT2D eigenvalue weighted by atomic mass is 16.5. The molecule has 0 atom stereocenters. The fourth-order valence-corrected chi connectivity index (χ4v) is 4.28. The van der Waals surface area contributed by atoms with Crippen molar-refractivity contribution >= 4 is 0 Å². The van der Waals surface area contributed by atoms with Crippen molar-refractivity contribution < 1.29 is 4.74 Å². The van der Waals surface area contributed by atoms with Crippen molar-refractivity contribution in [3.63, 3.8) is 0 Å². The van der Waals surface area contributed by atoms with Crippen LogP contribution in [0.5, 0.6) is 0 Å². The summed E-state index contributed by atoms with van der Waals surface area (Å²) in [6.45, 7) is 8.29. The Bertz CT molecular complexity index is 265. The quantitative estimate of drug-likeness (QED) is 0.528. The highest BCUT2D eigenvalue weighted by molar-refractivity contribution is 4.83. The summed E-state index contributed by atoms with van der Waals surface area (Å²) in [4.78, 5) is 2.80. The molecule has 2 heteroatoms. The Morgan fingerprint density at radius 1 is 0.818 bits per heavy atom. The second kappa shape index (κ2) is 10.6. The lowest BCUT2D eigenvalue weighted by molar-refractivity contribution is 0.000234. The van der Waals surface area contributed by atoms with Gasteiger partial charge in [0.25, 0.3) is 0 Å². The van der Waals surface area contributed by atoms with Crippen LogP contribution in [0.4, 0.5) is 0 Å². The first-order valence-electron chi connectivity index (χ1n) is 10.2.